The van der Waals surface area contributed by atoms with Crippen molar-refractivity contribution in [2.75, 3.05) is 0 Å². The van der Waals surface area contributed by atoms with Gasteiger partial charge in [0, 0.05) is 45.8 Å². The third-order valence-corrected chi connectivity index (χ3v) is 8.02. The molecule has 0 saturated carbocycles. The van der Waals surface area contributed by atoms with Crippen LogP contribution in [0.5, 0.6) is 0 Å². The number of imidazole rings is 1. The minimum Gasteiger partial charge on any atom is -0.309 e. The molecule has 0 atom stereocenters. The van der Waals surface area contributed by atoms with Gasteiger partial charge in [-0.05, 0) is 77.2 Å². The van der Waals surface area contributed by atoms with Crippen molar-refractivity contribution >= 4 is 49.3 Å². The Morgan fingerprint density at radius 3 is 2.43 bits per heavy atom. The summed E-state index contributed by atoms with van der Waals surface area (Å²) in [5.74, 6) is 0. The van der Waals surface area contributed by atoms with Crippen molar-refractivity contribution in [1.82, 2.24) is 18.9 Å². The second-order valence-corrected chi connectivity index (χ2v) is 9.91. The van der Waals surface area contributed by atoms with E-state index in [-0.39, 0.29) is 0 Å². The standard InChI is InChI=1S/C33H20N4/c1-2-8-22(9-3-1)37-27-13-12-24-31(33-35-15-16-36(33)28-11-6-14-34-32(24)28)30(27)26-18-21-17-20-7-4-5-10-23(20)25(21)19-29(26)37/h1-16,18-19H,17H2. The van der Waals surface area contributed by atoms with Crippen LogP contribution < -0.4 is 0 Å². The van der Waals surface area contributed by atoms with Gasteiger partial charge in [-0.1, -0.05) is 42.5 Å². The van der Waals surface area contributed by atoms with Gasteiger partial charge in [0.2, 0.25) is 0 Å². The fourth-order valence-corrected chi connectivity index (χ4v) is 6.50. The van der Waals surface area contributed by atoms with Crippen LogP contribution in [-0.4, -0.2) is 18.9 Å². The molecular formula is C33H20N4. The first-order valence-electron chi connectivity index (χ1n) is 12.6. The van der Waals surface area contributed by atoms with E-state index in [2.05, 4.69) is 93.9 Å². The average Bonchev–Trinajstić information content (AvgIpc) is 3.66. The molecule has 0 amide bonds. The van der Waals surface area contributed by atoms with E-state index >= 15 is 0 Å². The lowest BCUT2D eigenvalue weighted by Gasteiger charge is -2.10. The van der Waals surface area contributed by atoms with Gasteiger partial charge in [-0.2, -0.15) is 0 Å². The number of aromatic nitrogens is 4. The number of fused-ring (bicyclic) bond motifs is 13. The summed E-state index contributed by atoms with van der Waals surface area (Å²) < 4.78 is 4.59. The first kappa shape index (κ1) is 19.3. The lowest BCUT2D eigenvalue weighted by atomic mass is 10.00. The van der Waals surface area contributed by atoms with E-state index in [1.165, 1.54) is 44.1 Å². The Kier molecular flexibility index (Phi) is 3.55. The molecule has 1 aliphatic rings. The maximum atomic E-state index is 4.87. The van der Waals surface area contributed by atoms with Gasteiger partial charge in [0.1, 0.15) is 5.65 Å². The first-order valence-corrected chi connectivity index (χ1v) is 12.6. The summed E-state index contributed by atoms with van der Waals surface area (Å²) in [6, 6.07) is 32.9. The Morgan fingerprint density at radius 2 is 1.49 bits per heavy atom. The van der Waals surface area contributed by atoms with Crippen molar-refractivity contribution in [3.63, 3.8) is 0 Å². The third-order valence-electron chi connectivity index (χ3n) is 8.02. The highest BCUT2D eigenvalue weighted by Crippen LogP contribution is 2.45. The Hall–Kier alpha value is -4.96. The molecule has 9 rings (SSSR count). The molecule has 0 unspecified atom stereocenters. The number of nitrogens with zero attached hydrogens (tertiary/aromatic N) is 4. The average molecular weight is 473 g/mol. The lowest BCUT2D eigenvalue weighted by molar-refractivity contribution is 1.18. The number of pyridine rings is 2. The highest BCUT2D eigenvalue weighted by atomic mass is 15.0. The summed E-state index contributed by atoms with van der Waals surface area (Å²) in [7, 11) is 0. The third kappa shape index (κ3) is 2.42. The van der Waals surface area contributed by atoms with Crippen LogP contribution in [0.4, 0.5) is 0 Å². The number of para-hydroxylation sites is 1. The molecule has 4 nitrogen and oxygen atoms in total. The number of benzene rings is 4. The van der Waals surface area contributed by atoms with Crippen LogP contribution in [0, 0.1) is 0 Å². The summed E-state index contributed by atoms with van der Waals surface area (Å²) in [4.78, 5) is 9.69. The topological polar surface area (TPSA) is 35.1 Å². The highest BCUT2D eigenvalue weighted by molar-refractivity contribution is 6.28. The van der Waals surface area contributed by atoms with Crippen LogP contribution in [-0.2, 0) is 6.42 Å². The van der Waals surface area contributed by atoms with Crippen molar-refractivity contribution in [3.8, 4) is 16.8 Å². The van der Waals surface area contributed by atoms with Gasteiger partial charge in [-0.25, -0.2) is 4.98 Å². The Bertz CT molecular complexity index is 2220. The minimum absolute atomic E-state index is 0.966. The molecule has 4 aromatic carbocycles. The fraction of sp³-hybridized carbons (Fsp3) is 0.0303. The van der Waals surface area contributed by atoms with E-state index in [1.807, 2.05) is 24.7 Å². The monoisotopic (exact) mass is 472 g/mol. The molecule has 37 heavy (non-hydrogen) atoms. The predicted molar refractivity (Wildman–Crippen MR) is 151 cm³/mol. The SMILES string of the molecule is c1ccc(-n2c3cc4c(cc3c3c5c(ccc32)c2ncccc2n2ccnc52)Cc2ccccc2-4)cc1. The maximum absolute atomic E-state index is 4.87. The first-order chi connectivity index (χ1) is 18.4. The fourth-order valence-electron chi connectivity index (χ4n) is 6.50. The lowest BCUT2D eigenvalue weighted by Crippen LogP contribution is -1.95. The van der Waals surface area contributed by atoms with Crippen molar-refractivity contribution in [1.29, 1.82) is 0 Å². The zero-order valence-corrected chi connectivity index (χ0v) is 19.9. The number of hydrogen-bond donors (Lipinski definition) is 0. The summed E-state index contributed by atoms with van der Waals surface area (Å²) in [6.45, 7) is 0. The Balaban J connectivity index is 1.54. The smallest absolute Gasteiger partial charge is 0.145 e. The van der Waals surface area contributed by atoms with Crippen LogP contribution >= 0.6 is 0 Å². The largest absolute Gasteiger partial charge is 0.309 e. The van der Waals surface area contributed by atoms with Crippen molar-refractivity contribution < 1.29 is 0 Å². The maximum Gasteiger partial charge on any atom is 0.145 e. The number of rotatable bonds is 1. The molecule has 0 radical (unpaired) electrons. The van der Waals surface area contributed by atoms with Crippen LogP contribution in [0.3, 0.4) is 0 Å². The van der Waals surface area contributed by atoms with E-state index in [0.29, 0.717) is 0 Å². The van der Waals surface area contributed by atoms with Crippen molar-refractivity contribution in [3.05, 3.63) is 121 Å². The van der Waals surface area contributed by atoms with E-state index in [4.69, 9.17) is 9.97 Å². The van der Waals surface area contributed by atoms with Gasteiger partial charge in [0.25, 0.3) is 0 Å². The van der Waals surface area contributed by atoms with Gasteiger partial charge in [-0.3, -0.25) is 9.38 Å². The van der Waals surface area contributed by atoms with Crippen LogP contribution in [0.1, 0.15) is 11.1 Å². The molecule has 0 spiro atoms. The van der Waals surface area contributed by atoms with E-state index < -0.39 is 0 Å². The summed E-state index contributed by atoms with van der Waals surface area (Å²) >= 11 is 0. The molecule has 4 heterocycles. The zero-order chi connectivity index (χ0) is 24.1. The van der Waals surface area contributed by atoms with E-state index in [1.54, 1.807) is 0 Å². The molecule has 8 aromatic rings. The van der Waals surface area contributed by atoms with Crippen LogP contribution in [0.2, 0.25) is 0 Å². The van der Waals surface area contributed by atoms with Gasteiger partial charge in [-0.15, -0.1) is 0 Å². The van der Waals surface area contributed by atoms with E-state index in [0.717, 1.165) is 39.6 Å². The van der Waals surface area contributed by atoms with Crippen LogP contribution in [0.15, 0.2) is 110 Å². The molecule has 4 heteroatoms. The molecule has 0 N–H and O–H groups in total. The van der Waals surface area contributed by atoms with Gasteiger partial charge >= 0.3 is 0 Å². The summed E-state index contributed by atoms with van der Waals surface area (Å²) in [5.41, 5.74) is 12.1. The normalized spacial score (nSPS) is 12.8. The molecule has 0 saturated heterocycles. The van der Waals surface area contributed by atoms with Crippen molar-refractivity contribution in [2.24, 2.45) is 0 Å². The van der Waals surface area contributed by atoms with E-state index in [9.17, 15) is 0 Å². The second kappa shape index (κ2) is 6.83. The summed E-state index contributed by atoms with van der Waals surface area (Å²) in [5, 5.41) is 4.79. The van der Waals surface area contributed by atoms with Gasteiger partial charge < -0.3 is 4.57 Å². The minimum atomic E-state index is 0.966. The Labute approximate surface area is 212 Å². The Morgan fingerprint density at radius 1 is 0.595 bits per heavy atom. The highest BCUT2D eigenvalue weighted by Gasteiger charge is 2.24. The zero-order valence-electron chi connectivity index (χ0n) is 19.9. The van der Waals surface area contributed by atoms with Gasteiger partial charge in [0.15, 0.2) is 0 Å². The molecule has 0 bridgehead atoms. The second-order valence-electron chi connectivity index (χ2n) is 9.91. The van der Waals surface area contributed by atoms with Gasteiger partial charge in [0.05, 0.1) is 22.1 Å². The molecule has 172 valence electrons. The summed E-state index contributed by atoms with van der Waals surface area (Å²) in [6.07, 6.45) is 6.78. The molecule has 1 aliphatic carbocycles. The van der Waals surface area contributed by atoms with Crippen LogP contribution in [0.25, 0.3) is 66.1 Å². The molecule has 0 aliphatic heterocycles. The molecule has 4 aromatic heterocycles. The molecular weight excluding hydrogens is 452 g/mol. The number of hydrogen-bond acceptors (Lipinski definition) is 2. The quantitative estimate of drug-likeness (QED) is 0.229. The predicted octanol–water partition coefficient (Wildman–Crippen LogP) is 7.70. The van der Waals surface area contributed by atoms with Crippen molar-refractivity contribution in [2.45, 2.75) is 6.42 Å². The molecule has 0 fully saturated rings.